The summed E-state index contributed by atoms with van der Waals surface area (Å²) in [7, 11) is 0. The van der Waals surface area contributed by atoms with Crippen molar-refractivity contribution in [3.63, 3.8) is 0 Å². The topological polar surface area (TPSA) is 20.3 Å². The first-order valence-corrected chi connectivity index (χ1v) is 6.32. The molecule has 0 N–H and O–H groups in total. The van der Waals surface area contributed by atoms with E-state index in [0.717, 1.165) is 18.8 Å². The summed E-state index contributed by atoms with van der Waals surface area (Å²) < 4.78 is 0. The van der Waals surface area contributed by atoms with Gasteiger partial charge < -0.3 is 4.90 Å². The summed E-state index contributed by atoms with van der Waals surface area (Å²) >= 11 is 1.73. The van der Waals surface area contributed by atoms with Crippen molar-refractivity contribution < 1.29 is 4.79 Å². The molecule has 1 aliphatic heterocycles. The molecule has 1 aromatic rings. The van der Waals surface area contributed by atoms with Gasteiger partial charge in [-0.05, 0) is 12.5 Å². The van der Waals surface area contributed by atoms with Gasteiger partial charge in [-0.25, -0.2) is 0 Å². The highest BCUT2D eigenvalue weighted by Gasteiger charge is 2.17. The number of rotatable bonds is 2. The van der Waals surface area contributed by atoms with E-state index < -0.39 is 0 Å². The Balaban J connectivity index is 2.01. The molecule has 1 fully saturated rings. The fraction of sp³-hybridized carbons (Fsp3) is 0.417. The molecule has 1 amide bonds. The molecule has 1 aromatic carbocycles. The van der Waals surface area contributed by atoms with Crippen LogP contribution in [0.5, 0.6) is 0 Å². The molecule has 1 aliphatic rings. The average molecular weight is 221 g/mol. The third kappa shape index (κ3) is 2.75. The highest BCUT2D eigenvalue weighted by atomic mass is 32.2. The molecule has 0 bridgehead atoms. The summed E-state index contributed by atoms with van der Waals surface area (Å²) in [6.45, 7) is 3.73. The smallest absolute Gasteiger partial charge is 0.232 e. The Bertz CT molecular complexity index is 347. The number of benzene rings is 1. The third-order valence-electron chi connectivity index (χ3n) is 2.58. The van der Waals surface area contributed by atoms with Crippen molar-refractivity contribution in [2.75, 3.05) is 18.1 Å². The number of hydrogen-bond acceptors (Lipinski definition) is 2. The quantitative estimate of drug-likeness (QED) is 0.762. The van der Waals surface area contributed by atoms with Gasteiger partial charge in [-0.15, -0.1) is 0 Å². The summed E-state index contributed by atoms with van der Waals surface area (Å²) in [4.78, 5) is 13.5. The monoisotopic (exact) mass is 221 g/mol. The largest absolute Gasteiger partial charge is 0.337 e. The molecule has 0 unspecified atom stereocenters. The molecule has 1 saturated heterocycles. The van der Waals surface area contributed by atoms with Crippen molar-refractivity contribution in [3.8, 4) is 0 Å². The Kier molecular flexibility index (Phi) is 3.31. The minimum atomic E-state index is 0.270. The van der Waals surface area contributed by atoms with Gasteiger partial charge in [0.1, 0.15) is 0 Å². The van der Waals surface area contributed by atoms with Crippen molar-refractivity contribution >= 4 is 17.7 Å². The van der Waals surface area contributed by atoms with Crippen LogP contribution in [-0.4, -0.2) is 28.9 Å². The fourth-order valence-electron chi connectivity index (χ4n) is 1.63. The molecular formula is C12H15NOS. The van der Waals surface area contributed by atoms with Crippen LogP contribution in [0.15, 0.2) is 24.3 Å². The highest BCUT2D eigenvalue weighted by molar-refractivity contribution is 8.00. The number of hydrogen-bond donors (Lipinski definition) is 0. The van der Waals surface area contributed by atoms with Crippen molar-refractivity contribution in [3.05, 3.63) is 35.4 Å². The van der Waals surface area contributed by atoms with Gasteiger partial charge in [0.2, 0.25) is 5.91 Å². The minimum Gasteiger partial charge on any atom is -0.337 e. The second-order valence-corrected chi connectivity index (χ2v) is 4.96. The molecule has 2 nitrogen and oxygen atoms in total. The van der Waals surface area contributed by atoms with E-state index in [0.29, 0.717) is 5.75 Å². The Hall–Kier alpha value is -0.960. The normalized spacial score (nSPS) is 16.9. The van der Waals surface area contributed by atoms with Crippen LogP contribution in [0.25, 0.3) is 0 Å². The number of carbonyl (C=O) groups is 1. The summed E-state index contributed by atoms with van der Waals surface area (Å²) in [5.41, 5.74) is 2.49. The minimum absolute atomic E-state index is 0.270. The maximum absolute atomic E-state index is 11.6. The van der Waals surface area contributed by atoms with Gasteiger partial charge in [-0.3, -0.25) is 4.79 Å². The Morgan fingerprint density at radius 3 is 2.73 bits per heavy atom. The van der Waals surface area contributed by atoms with Crippen LogP contribution in [0.1, 0.15) is 11.1 Å². The fourth-order valence-corrected chi connectivity index (χ4v) is 2.48. The van der Waals surface area contributed by atoms with E-state index in [-0.39, 0.29) is 5.91 Å². The van der Waals surface area contributed by atoms with Crippen LogP contribution in [0, 0.1) is 6.92 Å². The Morgan fingerprint density at radius 1 is 1.33 bits per heavy atom. The van der Waals surface area contributed by atoms with E-state index in [1.165, 1.54) is 11.1 Å². The molecule has 2 rings (SSSR count). The van der Waals surface area contributed by atoms with Gasteiger partial charge in [-0.2, -0.15) is 11.8 Å². The van der Waals surface area contributed by atoms with E-state index in [4.69, 9.17) is 0 Å². The predicted molar refractivity (Wildman–Crippen MR) is 63.9 cm³/mol. The molecule has 3 heteroatoms. The Labute approximate surface area is 94.7 Å². The molecule has 0 radical (unpaired) electrons. The number of amides is 1. The van der Waals surface area contributed by atoms with Gasteiger partial charge in [-0.1, -0.05) is 29.8 Å². The molecule has 80 valence electrons. The zero-order valence-electron chi connectivity index (χ0n) is 8.90. The van der Waals surface area contributed by atoms with Gasteiger partial charge >= 0.3 is 0 Å². The maximum atomic E-state index is 11.6. The lowest BCUT2D eigenvalue weighted by Crippen LogP contribution is -2.37. The van der Waals surface area contributed by atoms with E-state index >= 15 is 0 Å². The van der Waals surface area contributed by atoms with Gasteiger partial charge in [0, 0.05) is 18.8 Å². The second-order valence-electron chi connectivity index (χ2n) is 3.85. The predicted octanol–water partition coefficient (Wildman–Crippen LogP) is 2.07. The molecule has 0 aliphatic carbocycles. The first-order valence-electron chi connectivity index (χ1n) is 5.17. The van der Waals surface area contributed by atoms with Crippen LogP contribution < -0.4 is 0 Å². The van der Waals surface area contributed by atoms with E-state index in [2.05, 4.69) is 31.2 Å². The molecule has 0 spiro atoms. The lowest BCUT2D eigenvalue weighted by molar-refractivity contribution is -0.129. The summed E-state index contributed by atoms with van der Waals surface area (Å²) in [5.74, 6) is 1.98. The number of nitrogens with zero attached hydrogens (tertiary/aromatic N) is 1. The van der Waals surface area contributed by atoms with Crippen molar-refractivity contribution in [1.29, 1.82) is 0 Å². The lowest BCUT2D eigenvalue weighted by Gasteiger charge is -2.26. The van der Waals surface area contributed by atoms with E-state index in [1.54, 1.807) is 11.8 Å². The molecule has 15 heavy (non-hydrogen) atoms. The number of aryl methyl sites for hydroxylation is 1. The standard InChI is InChI=1S/C12H15NOS/c1-10-2-4-11(5-3-10)8-13-6-7-15-9-12(13)14/h2-5H,6-9H2,1H3. The number of carbonyl (C=O) groups excluding carboxylic acids is 1. The first kappa shape index (κ1) is 10.6. The molecule has 0 atom stereocenters. The lowest BCUT2D eigenvalue weighted by atomic mass is 10.1. The van der Waals surface area contributed by atoms with Crippen LogP contribution in [0.2, 0.25) is 0 Å². The molecular weight excluding hydrogens is 206 g/mol. The zero-order valence-corrected chi connectivity index (χ0v) is 9.72. The van der Waals surface area contributed by atoms with Crippen LogP contribution in [0.4, 0.5) is 0 Å². The van der Waals surface area contributed by atoms with E-state index in [9.17, 15) is 4.79 Å². The number of thioether (sulfide) groups is 1. The summed E-state index contributed by atoms with van der Waals surface area (Å²) in [6.07, 6.45) is 0. The Morgan fingerprint density at radius 2 is 2.07 bits per heavy atom. The van der Waals surface area contributed by atoms with Crippen LogP contribution in [-0.2, 0) is 11.3 Å². The van der Waals surface area contributed by atoms with Crippen molar-refractivity contribution in [2.24, 2.45) is 0 Å². The van der Waals surface area contributed by atoms with Gasteiger partial charge in [0.25, 0.3) is 0 Å². The molecule has 0 aromatic heterocycles. The zero-order chi connectivity index (χ0) is 10.7. The van der Waals surface area contributed by atoms with Gasteiger partial charge in [0.15, 0.2) is 0 Å². The average Bonchev–Trinajstić information content (AvgIpc) is 2.25. The SMILES string of the molecule is Cc1ccc(CN2CCSCC2=O)cc1. The van der Waals surface area contributed by atoms with E-state index in [1.807, 2.05) is 4.90 Å². The molecule has 0 saturated carbocycles. The summed E-state index contributed by atoms with van der Waals surface area (Å²) in [5, 5.41) is 0. The third-order valence-corrected chi connectivity index (χ3v) is 3.50. The van der Waals surface area contributed by atoms with Crippen molar-refractivity contribution in [1.82, 2.24) is 4.90 Å². The van der Waals surface area contributed by atoms with Gasteiger partial charge in [0.05, 0.1) is 5.75 Å². The summed E-state index contributed by atoms with van der Waals surface area (Å²) in [6, 6.07) is 8.39. The highest BCUT2D eigenvalue weighted by Crippen LogP contribution is 2.14. The van der Waals surface area contributed by atoms with Crippen molar-refractivity contribution in [2.45, 2.75) is 13.5 Å². The first-order chi connectivity index (χ1) is 7.25. The van der Waals surface area contributed by atoms with Crippen LogP contribution >= 0.6 is 11.8 Å². The molecule has 1 heterocycles. The van der Waals surface area contributed by atoms with Crippen LogP contribution in [0.3, 0.4) is 0 Å². The second kappa shape index (κ2) is 4.71. The maximum Gasteiger partial charge on any atom is 0.232 e.